The van der Waals surface area contributed by atoms with Crippen molar-refractivity contribution in [3.8, 4) is 0 Å². The highest BCUT2D eigenvalue weighted by atomic mass is 35.5. The predicted octanol–water partition coefficient (Wildman–Crippen LogP) is 3.73. The van der Waals surface area contributed by atoms with Crippen LogP contribution in [0.1, 0.15) is 10.5 Å². The number of H-pyrrole nitrogens is 1. The van der Waals surface area contributed by atoms with E-state index in [1.807, 2.05) is 18.2 Å². The third kappa shape index (κ3) is 1.31. The Hall–Kier alpha value is -1.52. The van der Waals surface area contributed by atoms with Crippen molar-refractivity contribution in [1.82, 2.24) is 4.98 Å². The topological polar surface area (TPSA) is 53.1 Å². The number of carboxylic acids is 1. The molecule has 5 heteroatoms. The fourth-order valence-electron chi connectivity index (χ4n) is 1.74. The third-order valence-electron chi connectivity index (χ3n) is 2.44. The normalized spacial score (nSPS) is 11.3. The molecule has 80 valence electrons. The summed E-state index contributed by atoms with van der Waals surface area (Å²) in [6, 6.07) is 7.27. The van der Waals surface area contributed by atoms with Crippen LogP contribution < -0.4 is 0 Å². The number of fused-ring (bicyclic) bond motifs is 3. The van der Waals surface area contributed by atoms with Crippen molar-refractivity contribution in [3.05, 3.63) is 35.0 Å². The smallest absolute Gasteiger partial charge is 0.352 e. The van der Waals surface area contributed by atoms with E-state index >= 15 is 0 Å². The first-order valence-electron chi connectivity index (χ1n) is 4.59. The van der Waals surface area contributed by atoms with Crippen LogP contribution in [-0.2, 0) is 0 Å². The zero-order valence-electron chi connectivity index (χ0n) is 7.95. The summed E-state index contributed by atoms with van der Waals surface area (Å²) in [6.45, 7) is 0. The van der Waals surface area contributed by atoms with E-state index in [9.17, 15) is 4.79 Å². The lowest BCUT2D eigenvalue weighted by molar-refractivity contribution is 0.0691. The van der Waals surface area contributed by atoms with Crippen molar-refractivity contribution in [1.29, 1.82) is 0 Å². The van der Waals surface area contributed by atoms with Gasteiger partial charge in [-0.2, -0.15) is 0 Å². The molecule has 3 nitrogen and oxygen atoms in total. The Morgan fingerprint density at radius 1 is 1.31 bits per heavy atom. The number of nitrogens with one attached hydrogen (secondary N) is 1. The number of aromatic nitrogens is 1. The second kappa shape index (κ2) is 3.23. The standard InChI is InChI=1S/C11H6ClNO2S/c12-5-1-2-8-6(3-5)10-9(16-8)4-7(13-10)11(14)15/h1-4,13H,(H,14,15). The van der Waals surface area contributed by atoms with Gasteiger partial charge in [-0.05, 0) is 24.3 Å². The van der Waals surface area contributed by atoms with E-state index in [0.717, 1.165) is 20.3 Å². The van der Waals surface area contributed by atoms with Crippen molar-refractivity contribution < 1.29 is 9.90 Å². The van der Waals surface area contributed by atoms with Crippen molar-refractivity contribution in [2.45, 2.75) is 0 Å². The van der Waals surface area contributed by atoms with Crippen molar-refractivity contribution in [2.24, 2.45) is 0 Å². The van der Waals surface area contributed by atoms with Crippen LogP contribution in [0.25, 0.3) is 20.3 Å². The summed E-state index contributed by atoms with van der Waals surface area (Å²) in [6.07, 6.45) is 0. The number of rotatable bonds is 1. The number of benzene rings is 1. The monoisotopic (exact) mass is 251 g/mol. The van der Waals surface area contributed by atoms with Gasteiger partial charge in [0.1, 0.15) is 5.69 Å². The molecule has 0 amide bonds. The maximum Gasteiger partial charge on any atom is 0.352 e. The summed E-state index contributed by atoms with van der Waals surface area (Å²) in [4.78, 5) is 13.7. The molecule has 0 fully saturated rings. The number of hydrogen-bond acceptors (Lipinski definition) is 2. The number of thiophene rings is 1. The minimum atomic E-state index is -0.946. The van der Waals surface area contributed by atoms with E-state index in [4.69, 9.17) is 16.7 Å². The van der Waals surface area contributed by atoms with Crippen molar-refractivity contribution in [3.63, 3.8) is 0 Å². The Kier molecular flexibility index (Phi) is 1.96. The van der Waals surface area contributed by atoms with Crippen molar-refractivity contribution >= 4 is 49.2 Å². The third-order valence-corrected chi connectivity index (χ3v) is 3.80. The summed E-state index contributed by atoms with van der Waals surface area (Å²) < 4.78 is 2.04. The lowest BCUT2D eigenvalue weighted by atomic mass is 10.2. The molecule has 0 bridgehead atoms. The molecule has 0 spiro atoms. The van der Waals surface area contributed by atoms with Crippen LogP contribution in [0.15, 0.2) is 24.3 Å². The summed E-state index contributed by atoms with van der Waals surface area (Å²) in [7, 11) is 0. The quantitative estimate of drug-likeness (QED) is 0.692. The van der Waals surface area contributed by atoms with Gasteiger partial charge in [0.2, 0.25) is 0 Å². The fraction of sp³-hybridized carbons (Fsp3) is 0. The molecule has 0 saturated carbocycles. The Bertz CT molecular complexity index is 713. The molecule has 0 aliphatic rings. The number of halogens is 1. The van der Waals surface area contributed by atoms with Gasteiger partial charge < -0.3 is 10.1 Å². The van der Waals surface area contributed by atoms with Crippen LogP contribution in [0.4, 0.5) is 0 Å². The molecule has 0 aliphatic heterocycles. The Labute approximate surface area is 99.3 Å². The van der Waals surface area contributed by atoms with Gasteiger partial charge in [0.05, 0.1) is 10.2 Å². The van der Waals surface area contributed by atoms with E-state index in [-0.39, 0.29) is 5.69 Å². The number of aromatic amines is 1. The van der Waals surface area contributed by atoms with Crippen LogP contribution in [0.3, 0.4) is 0 Å². The largest absolute Gasteiger partial charge is 0.477 e. The fourth-order valence-corrected chi connectivity index (χ4v) is 2.99. The van der Waals surface area contributed by atoms with Gasteiger partial charge in [-0.15, -0.1) is 11.3 Å². The summed E-state index contributed by atoms with van der Waals surface area (Å²) in [5, 5.41) is 10.5. The average Bonchev–Trinajstić information content (AvgIpc) is 2.75. The van der Waals surface area contributed by atoms with Crippen LogP contribution in [0, 0.1) is 0 Å². The van der Waals surface area contributed by atoms with Crippen LogP contribution in [-0.4, -0.2) is 16.1 Å². The van der Waals surface area contributed by atoms with Crippen molar-refractivity contribution in [2.75, 3.05) is 0 Å². The molecule has 0 unspecified atom stereocenters. The highest BCUT2D eigenvalue weighted by Gasteiger charge is 2.12. The summed E-state index contributed by atoms with van der Waals surface area (Å²) >= 11 is 7.48. The number of hydrogen-bond donors (Lipinski definition) is 2. The highest BCUT2D eigenvalue weighted by molar-refractivity contribution is 7.25. The van der Waals surface area contributed by atoms with Crippen LogP contribution >= 0.6 is 22.9 Å². The molecule has 0 saturated heterocycles. The first kappa shape index (κ1) is 9.69. The molecule has 0 aliphatic carbocycles. The molecule has 16 heavy (non-hydrogen) atoms. The van der Waals surface area contributed by atoms with E-state index in [0.29, 0.717) is 5.02 Å². The Morgan fingerprint density at radius 2 is 2.12 bits per heavy atom. The second-order valence-corrected chi connectivity index (χ2v) is 4.99. The van der Waals surface area contributed by atoms with Gasteiger partial charge in [-0.1, -0.05) is 11.6 Å². The summed E-state index contributed by atoms with van der Waals surface area (Å²) in [5.41, 5.74) is 1.06. The second-order valence-electron chi connectivity index (χ2n) is 3.47. The molecule has 0 atom stereocenters. The predicted molar refractivity (Wildman–Crippen MR) is 65.7 cm³/mol. The summed E-state index contributed by atoms with van der Waals surface area (Å²) in [5.74, 6) is -0.946. The molecule has 3 aromatic rings. The SMILES string of the molecule is O=C(O)c1cc2sc3ccc(Cl)cc3c2[nH]1. The zero-order valence-corrected chi connectivity index (χ0v) is 9.52. The maximum absolute atomic E-state index is 10.8. The molecular formula is C11H6ClNO2S. The molecule has 3 rings (SSSR count). The first-order chi connectivity index (χ1) is 7.65. The molecule has 2 heterocycles. The van der Waals surface area contributed by atoms with E-state index < -0.39 is 5.97 Å². The Balaban J connectivity index is 2.40. The van der Waals surface area contributed by atoms with E-state index in [2.05, 4.69) is 4.98 Å². The van der Waals surface area contributed by atoms with Crippen LogP contribution in [0.2, 0.25) is 5.02 Å². The van der Waals surface area contributed by atoms with Gasteiger partial charge in [-0.25, -0.2) is 4.79 Å². The van der Waals surface area contributed by atoms with E-state index in [1.54, 1.807) is 17.4 Å². The minimum absolute atomic E-state index is 0.211. The van der Waals surface area contributed by atoms with Gasteiger partial charge in [0.15, 0.2) is 0 Å². The van der Waals surface area contributed by atoms with Gasteiger partial charge >= 0.3 is 5.97 Å². The molecule has 0 radical (unpaired) electrons. The highest BCUT2D eigenvalue weighted by Crippen LogP contribution is 2.35. The molecule has 2 N–H and O–H groups in total. The van der Waals surface area contributed by atoms with Crippen LogP contribution in [0.5, 0.6) is 0 Å². The maximum atomic E-state index is 10.8. The molecule has 1 aromatic carbocycles. The average molecular weight is 252 g/mol. The lowest BCUT2D eigenvalue weighted by Gasteiger charge is -1.91. The first-order valence-corrected chi connectivity index (χ1v) is 5.78. The number of carboxylic acid groups (broad SMARTS) is 1. The minimum Gasteiger partial charge on any atom is -0.477 e. The lowest BCUT2D eigenvalue weighted by Crippen LogP contribution is -1.94. The molecular weight excluding hydrogens is 246 g/mol. The van der Waals surface area contributed by atoms with Gasteiger partial charge in [0, 0.05) is 15.1 Å². The van der Waals surface area contributed by atoms with E-state index in [1.165, 1.54) is 0 Å². The zero-order chi connectivity index (χ0) is 11.3. The number of carbonyl (C=O) groups is 1. The van der Waals surface area contributed by atoms with Gasteiger partial charge in [-0.3, -0.25) is 0 Å². The molecule has 2 aromatic heterocycles. The van der Waals surface area contributed by atoms with Gasteiger partial charge in [0.25, 0.3) is 0 Å². The number of aromatic carboxylic acids is 1. The Morgan fingerprint density at radius 3 is 2.88 bits per heavy atom.